The molecule has 1 aliphatic carbocycles. The highest BCUT2D eigenvalue weighted by molar-refractivity contribution is 5.85. The first-order chi connectivity index (χ1) is 15.0. The van der Waals surface area contributed by atoms with Gasteiger partial charge in [-0.25, -0.2) is 9.97 Å². The standard InChI is InChI=1S/C23H26N6O2/c1-26-8-7-25-20(26)18-2-3-19-17-10-16(12-29(19)21(18)30)11-28(13-17)22(31)23(4-5-23)14-27-9-6-24-15-27/h2-3,6-9,15-17H,4-5,10-14H2,1H3/t16-,17+/m0/s1. The molecule has 8 nitrogen and oxygen atoms in total. The summed E-state index contributed by atoms with van der Waals surface area (Å²) in [6.45, 7) is 2.81. The van der Waals surface area contributed by atoms with Crippen molar-refractivity contribution in [2.45, 2.75) is 38.3 Å². The quantitative estimate of drug-likeness (QED) is 0.648. The molecule has 6 rings (SSSR count). The molecule has 8 heteroatoms. The maximum absolute atomic E-state index is 13.5. The second-order valence-corrected chi connectivity index (χ2v) is 9.47. The van der Waals surface area contributed by atoms with Crippen LogP contribution in [0.3, 0.4) is 0 Å². The van der Waals surface area contributed by atoms with Gasteiger partial charge in [0.1, 0.15) is 5.82 Å². The van der Waals surface area contributed by atoms with Gasteiger partial charge in [0, 0.05) is 69.6 Å². The Hall–Kier alpha value is -3.16. The second-order valence-electron chi connectivity index (χ2n) is 9.47. The number of nitrogens with zero attached hydrogens (tertiary/aromatic N) is 6. The largest absolute Gasteiger partial charge is 0.341 e. The lowest BCUT2D eigenvalue weighted by Crippen LogP contribution is -2.51. The Kier molecular flexibility index (Phi) is 4.00. The Morgan fingerprint density at radius 2 is 2.03 bits per heavy atom. The Balaban J connectivity index is 1.27. The van der Waals surface area contributed by atoms with Crippen molar-refractivity contribution in [3.63, 3.8) is 0 Å². The lowest BCUT2D eigenvalue weighted by Gasteiger charge is -2.44. The van der Waals surface area contributed by atoms with Crippen molar-refractivity contribution in [2.75, 3.05) is 13.1 Å². The van der Waals surface area contributed by atoms with E-state index in [0.717, 1.165) is 31.5 Å². The number of carbonyl (C=O) groups is 1. The number of hydrogen-bond acceptors (Lipinski definition) is 4. The van der Waals surface area contributed by atoms with Gasteiger partial charge >= 0.3 is 0 Å². The van der Waals surface area contributed by atoms with Crippen LogP contribution in [0.1, 0.15) is 30.9 Å². The van der Waals surface area contributed by atoms with E-state index in [-0.39, 0.29) is 22.8 Å². The third kappa shape index (κ3) is 2.96. The minimum atomic E-state index is -0.270. The number of carbonyl (C=O) groups excluding carboxylic acids is 1. The summed E-state index contributed by atoms with van der Waals surface area (Å²) >= 11 is 0. The molecule has 1 amide bonds. The predicted molar refractivity (Wildman–Crippen MR) is 114 cm³/mol. The average Bonchev–Trinajstić information content (AvgIpc) is 3.13. The first-order valence-electron chi connectivity index (χ1n) is 11.0. The van der Waals surface area contributed by atoms with Gasteiger partial charge in [0.15, 0.2) is 0 Å². The number of fused-ring (bicyclic) bond motifs is 4. The molecule has 160 valence electrons. The van der Waals surface area contributed by atoms with Gasteiger partial charge in [0.2, 0.25) is 5.91 Å². The van der Waals surface area contributed by atoms with Gasteiger partial charge in [0.05, 0.1) is 17.3 Å². The highest BCUT2D eigenvalue weighted by Gasteiger charge is 2.53. The number of piperidine rings is 1. The molecular formula is C23H26N6O2. The Morgan fingerprint density at radius 3 is 2.74 bits per heavy atom. The molecule has 2 atom stereocenters. The summed E-state index contributed by atoms with van der Waals surface area (Å²) in [7, 11) is 1.90. The van der Waals surface area contributed by atoms with Gasteiger partial charge in [-0.05, 0) is 37.3 Å². The van der Waals surface area contributed by atoms with Crippen molar-refractivity contribution in [3.8, 4) is 11.4 Å². The number of amides is 1. The summed E-state index contributed by atoms with van der Waals surface area (Å²) in [5.41, 5.74) is 1.45. The normalized spacial score (nSPS) is 23.5. The zero-order valence-electron chi connectivity index (χ0n) is 17.6. The van der Waals surface area contributed by atoms with Crippen LogP contribution in [0.4, 0.5) is 0 Å². The molecule has 0 aromatic carbocycles. The predicted octanol–water partition coefficient (Wildman–Crippen LogP) is 1.87. The third-order valence-corrected chi connectivity index (χ3v) is 7.31. The van der Waals surface area contributed by atoms with Gasteiger partial charge < -0.3 is 18.6 Å². The zero-order chi connectivity index (χ0) is 21.2. The van der Waals surface area contributed by atoms with Crippen LogP contribution < -0.4 is 5.56 Å². The van der Waals surface area contributed by atoms with Gasteiger partial charge in [-0.1, -0.05) is 0 Å². The van der Waals surface area contributed by atoms with Crippen molar-refractivity contribution in [2.24, 2.45) is 18.4 Å². The minimum Gasteiger partial charge on any atom is -0.341 e. The fourth-order valence-electron chi connectivity index (χ4n) is 5.56. The number of aromatic nitrogens is 5. The molecule has 2 aliphatic heterocycles. The van der Waals surface area contributed by atoms with Crippen LogP contribution in [0.5, 0.6) is 0 Å². The molecule has 3 aromatic heterocycles. The monoisotopic (exact) mass is 418 g/mol. The molecule has 0 radical (unpaired) electrons. The maximum atomic E-state index is 13.5. The molecule has 1 saturated heterocycles. The van der Waals surface area contributed by atoms with E-state index in [1.165, 1.54) is 0 Å². The Bertz CT molecular complexity index is 1200. The van der Waals surface area contributed by atoms with E-state index in [2.05, 4.69) is 20.9 Å². The highest BCUT2D eigenvalue weighted by atomic mass is 16.2. The third-order valence-electron chi connectivity index (χ3n) is 7.31. The molecule has 0 unspecified atom stereocenters. The molecule has 31 heavy (non-hydrogen) atoms. The summed E-state index contributed by atoms with van der Waals surface area (Å²) < 4.78 is 5.83. The fraction of sp³-hybridized carbons (Fsp3) is 0.478. The summed E-state index contributed by atoms with van der Waals surface area (Å²) in [4.78, 5) is 37.3. The van der Waals surface area contributed by atoms with Gasteiger partial charge in [-0.2, -0.15) is 0 Å². The summed E-state index contributed by atoms with van der Waals surface area (Å²) in [5.74, 6) is 1.50. The topological polar surface area (TPSA) is 78.0 Å². The van der Waals surface area contributed by atoms with E-state index in [0.29, 0.717) is 36.9 Å². The Morgan fingerprint density at radius 1 is 1.16 bits per heavy atom. The average molecular weight is 419 g/mol. The van der Waals surface area contributed by atoms with Crippen LogP contribution in [-0.2, 0) is 24.9 Å². The van der Waals surface area contributed by atoms with Crippen molar-refractivity contribution >= 4 is 5.91 Å². The molecule has 0 spiro atoms. The van der Waals surface area contributed by atoms with Crippen LogP contribution in [-0.4, -0.2) is 47.6 Å². The van der Waals surface area contributed by atoms with E-state index >= 15 is 0 Å². The molecule has 5 heterocycles. The van der Waals surface area contributed by atoms with Gasteiger partial charge in [-0.3, -0.25) is 9.59 Å². The van der Waals surface area contributed by atoms with E-state index in [1.807, 2.05) is 39.2 Å². The van der Waals surface area contributed by atoms with Crippen LogP contribution in [0.15, 0.2) is 48.0 Å². The van der Waals surface area contributed by atoms with Crippen molar-refractivity contribution in [3.05, 3.63) is 59.3 Å². The minimum absolute atomic E-state index is 0.0278. The number of likely N-dealkylation sites (tertiary alicyclic amines) is 1. The first-order valence-corrected chi connectivity index (χ1v) is 11.0. The smallest absolute Gasteiger partial charge is 0.261 e. The van der Waals surface area contributed by atoms with Crippen LogP contribution in [0.2, 0.25) is 0 Å². The zero-order valence-corrected chi connectivity index (χ0v) is 17.6. The molecular weight excluding hydrogens is 392 g/mol. The second kappa shape index (κ2) is 6.67. The van der Waals surface area contributed by atoms with Crippen LogP contribution in [0.25, 0.3) is 11.4 Å². The summed E-state index contributed by atoms with van der Waals surface area (Å²) in [6, 6.07) is 3.97. The van der Waals surface area contributed by atoms with Crippen molar-refractivity contribution in [1.29, 1.82) is 0 Å². The summed E-state index contributed by atoms with van der Waals surface area (Å²) in [5, 5.41) is 0. The van der Waals surface area contributed by atoms with E-state index in [1.54, 1.807) is 18.7 Å². The molecule has 2 bridgehead atoms. The van der Waals surface area contributed by atoms with Gasteiger partial charge in [-0.15, -0.1) is 0 Å². The fourth-order valence-corrected chi connectivity index (χ4v) is 5.56. The van der Waals surface area contributed by atoms with Gasteiger partial charge in [0.25, 0.3) is 5.56 Å². The maximum Gasteiger partial charge on any atom is 0.261 e. The van der Waals surface area contributed by atoms with Crippen molar-refractivity contribution < 1.29 is 4.79 Å². The van der Waals surface area contributed by atoms with Crippen LogP contribution >= 0.6 is 0 Å². The first kappa shape index (κ1) is 18.6. The number of aryl methyl sites for hydroxylation is 1. The molecule has 1 saturated carbocycles. The lowest BCUT2D eigenvalue weighted by atomic mass is 9.82. The Labute approximate surface area is 180 Å². The molecule has 3 aliphatic rings. The van der Waals surface area contributed by atoms with Crippen LogP contribution in [0, 0.1) is 11.3 Å². The number of rotatable bonds is 4. The van der Waals surface area contributed by atoms with E-state index < -0.39 is 0 Å². The van der Waals surface area contributed by atoms with E-state index in [4.69, 9.17) is 0 Å². The number of pyridine rings is 1. The molecule has 3 aromatic rings. The number of hydrogen-bond donors (Lipinski definition) is 0. The highest BCUT2D eigenvalue weighted by Crippen LogP contribution is 2.50. The SMILES string of the molecule is Cn1ccnc1-c1ccc2n(c1=O)C[C@H]1C[C@@H]2CN(C(=O)C2(Cn3ccnc3)CC2)C1. The lowest BCUT2D eigenvalue weighted by molar-refractivity contribution is -0.140. The summed E-state index contributed by atoms with van der Waals surface area (Å²) in [6.07, 6.45) is 12.0. The van der Waals surface area contributed by atoms with E-state index in [9.17, 15) is 9.59 Å². The molecule has 2 fully saturated rings. The number of imidazole rings is 2. The van der Waals surface area contributed by atoms with Crippen molar-refractivity contribution in [1.82, 2.24) is 28.6 Å². The molecule has 0 N–H and O–H groups in total.